The molecule has 1 unspecified atom stereocenters. The number of anilines is 1. The van der Waals surface area contributed by atoms with E-state index in [0.717, 1.165) is 12.8 Å². The molecule has 168 valence electrons. The number of carbonyl (C=O) groups excluding carboxylic acids is 2. The molecule has 1 N–H and O–H groups in total. The van der Waals surface area contributed by atoms with E-state index in [1.807, 2.05) is 6.92 Å². The molecule has 1 aliphatic rings. The zero-order chi connectivity index (χ0) is 22.4. The van der Waals surface area contributed by atoms with Gasteiger partial charge in [0.1, 0.15) is 5.54 Å². The van der Waals surface area contributed by atoms with Gasteiger partial charge in [0.2, 0.25) is 0 Å². The first kappa shape index (κ1) is 23.7. The van der Waals surface area contributed by atoms with Gasteiger partial charge in [0.05, 0.1) is 13.3 Å². The van der Waals surface area contributed by atoms with Crippen molar-refractivity contribution in [2.45, 2.75) is 57.7 Å². The number of carbonyl (C=O) groups is 2. The van der Waals surface area contributed by atoms with E-state index in [4.69, 9.17) is 9.47 Å². The van der Waals surface area contributed by atoms with Crippen LogP contribution in [0.5, 0.6) is 5.88 Å². The second kappa shape index (κ2) is 9.94. The number of hydrogen-bond donors (Lipinski definition) is 1. The lowest BCUT2D eigenvalue weighted by atomic mass is 9.90. The van der Waals surface area contributed by atoms with Crippen LogP contribution in [0.15, 0.2) is 6.20 Å². The molecule has 1 aromatic rings. The molecule has 1 aromatic heterocycles. The van der Waals surface area contributed by atoms with Gasteiger partial charge in [-0.05, 0) is 25.7 Å². The van der Waals surface area contributed by atoms with Crippen molar-refractivity contribution in [3.8, 4) is 5.88 Å². The van der Waals surface area contributed by atoms with Crippen molar-refractivity contribution in [1.82, 2.24) is 15.3 Å². The third-order valence-electron chi connectivity index (χ3n) is 4.94. The van der Waals surface area contributed by atoms with Crippen LogP contribution in [0.1, 0.15) is 56.4 Å². The van der Waals surface area contributed by atoms with E-state index in [1.165, 1.54) is 13.3 Å². The molecule has 1 atom stereocenters. The molecule has 0 spiro atoms. The maximum atomic E-state index is 12.8. The topological polar surface area (TPSA) is 93.7 Å². The summed E-state index contributed by atoms with van der Waals surface area (Å²) in [7, 11) is 1.22. The van der Waals surface area contributed by atoms with Crippen molar-refractivity contribution in [2.24, 2.45) is 0 Å². The van der Waals surface area contributed by atoms with Crippen LogP contribution in [-0.4, -0.2) is 60.4 Å². The van der Waals surface area contributed by atoms with Crippen LogP contribution in [0.3, 0.4) is 0 Å². The van der Waals surface area contributed by atoms with Gasteiger partial charge in [0.25, 0.3) is 11.8 Å². The standard InChI is InChI=1S/C19H27F3N4O4/c1-4-8-18(5-2,17(28)29-3)25-15(27)13-11-23-14(26-9-6-7-10-26)16(24-13)30-12-19(20,21)22/h11H,4-10,12H2,1-3H3,(H,25,27). The fourth-order valence-electron chi connectivity index (χ4n) is 3.40. The summed E-state index contributed by atoms with van der Waals surface area (Å²) >= 11 is 0. The Balaban J connectivity index is 2.32. The molecule has 0 aromatic carbocycles. The highest BCUT2D eigenvalue weighted by atomic mass is 19.4. The summed E-state index contributed by atoms with van der Waals surface area (Å²) in [6, 6.07) is 0. The van der Waals surface area contributed by atoms with Crippen molar-refractivity contribution >= 4 is 17.7 Å². The first-order valence-corrected chi connectivity index (χ1v) is 9.88. The number of aromatic nitrogens is 2. The normalized spacial score (nSPS) is 16.1. The highest BCUT2D eigenvalue weighted by molar-refractivity contribution is 5.96. The SMILES string of the molecule is CCCC(CC)(NC(=O)c1cnc(N2CCCC2)c(OCC(F)(F)F)n1)C(=O)OC. The van der Waals surface area contributed by atoms with E-state index in [0.29, 0.717) is 25.9 Å². The first-order chi connectivity index (χ1) is 14.2. The summed E-state index contributed by atoms with van der Waals surface area (Å²) < 4.78 is 47.7. The quantitative estimate of drug-likeness (QED) is 0.600. The van der Waals surface area contributed by atoms with Gasteiger partial charge in [0, 0.05) is 13.1 Å². The van der Waals surface area contributed by atoms with E-state index in [1.54, 1.807) is 11.8 Å². The van der Waals surface area contributed by atoms with Gasteiger partial charge in [-0.1, -0.05) is 20.3 Å². The minimum absolute atomic E-state index is 0.164. The summed E-state index contributed by atoms with van der Waals surface area (Å²) in [6.07, 6.45) is -0.439. The number of nitrogens with one attached hydrogen (secondary N) is 1. The van der Waals surface area contributed by atoms with Crippen molar-refractivity contribution in [2.75, 3.05) is 31.7 Å². The van der Waals surface area contributed by atoms with Crippen molar-refractivity contribution in [3.63, 3.8) is 0 Å². The molecule has 11 heteroatoms. The monoisotopic (exact) mass is 432 g/mol. The predicted octanol–water partition coefficient (Wildman–Crippen LogP) is 2.87. The van der Waals surface area contributed by atoms with Crippen molar-refractivity contribution in [1.29, 1.82) is 0 Å². The maximum Gasteiger partial charge on any atom is 0.422 e. The number of hydrogen-bond acceptors (Lipinski definition) is 7. The van der Waals surface area contributed by atoms with Gasteiger partial charge in [-0.3, -0.25) is 4.79 Å². The van der Waals surface area contributed by atoms with Crippen LogP contribution < -0.4 is 15.0 Å². The summed E-state index contributed by atoms with van der Waals surface area (Å²) in [4.78, 5) is 35.0. The number of nitrogens with zero attached hydrogens (tertiary/aromatic N) is 3. The van der Waals surface area contributed by atoms with Gasteiger partial charge >= 0.3 is 12.1 Å². The summed E-state index contributed by atoms with van der Waals surface area (Å²) in [5.74, 6) is -1.54. The number of ether oxygens (including phenoxy) is 2. The molecular weight excluding hydrogens is 405 g/mol. The molecule has 0 radical (unpaired) electrons. The van der Waals surface area contributed by atoms with Gasteiger partial charge < -0.3 is 19.7 Å². The summed E-state index contributed by atoms with van der Waals surface area (Å²) in [6.45, 7) is 3.26. The molecule has 0 aliphatic carbocycles. The Hall–Kier alpha value is -2.59. The minimum atomic E-state index is -4.56. The van der Waals surface area contributed by atoms with Gasteiger partial charge in [-0.15, -0.1) is 0 Å². The lowest BCUT2D eigenvalue weighted by molar-refractivity contribution is -0.154. The number of esters is 1. The van der Waals surface area contributed by atoms with E-state index < -0.39 is 30.2 Å². The van der Waals surface area contributed by atoms with Crippen molar-refractivity contribution < 1.29 is 32.2 Å². The van der Waals surface area contributed by atoms with E-state index in [9.17, 15) is 22.8 Å². The Labute approximate surface area is 173 Å². The molecule has 2 rings (SSSR count). The summed E-state index contributed by atoms with van der Waals surface area (Å²) in [5, 5.41) is 2.63. The van der Waals surface area contributed by atoms with Crippen LogP contribution >= 0.6 is 0 Å². The third kappa shape index (κ3) is 5.73. The van der Waals surface area contributed by atoms with Crippen LogP contribution in [0, 0.1) is 0 Å². The van der Waals surface area contributed by atoms with E-state index in [-0.39, 0.29) is 23.8 Å². The van der Waals surface area contributed by atoms with Gasteiger partial charge in [-0.2, -0.15) is 13.2 Å². The Morgan fingerprint density at radius 3 is 2.43 bits per heavy atom. The second-order valence-electron chi connectivity index (χ2n) is 7.11. The largest absolute Gasteiger partial charge is 0.467 e. The van der Waals surface area contributed by atoms with Crippen LogP contribution in [-0.2, 0) is 9.53 Å². The van der Waals surface area contributed by atoms with Crippen molar-refractivity contribution in [3.05, 3.63) is 11.9 Å². The average molecular weight is 432 g/mol. The molecule has 0 saturated carbocycles. The third-order valence-corrected chi connectivity index (χ3v) is 4.94. The van der Waals surface area contributed by atoms with E-state index in [2.05, 4.69) is 15.3 Å². The highest BCUT2D eigenvalue weighted by Crippen LogP contribution is 2.29. The average Bonchev–Trinajstić information content (AvgIpc) is 3.25. The Kier molecular flexibility index (Phi) is 7.85. The van der Waals surface area contributed by atoms with Crippen LogP contribution in [0.25, 0.3) is 0 Å². The number of methoxy groups -OCH3 is 1. The molecule has 8 nitrogen and oxygen atoms in total. The molecule has 1 amide bonds. The molecular formula is C19H27F3N4O4. The fourth-order valence-corrected chi connectivity index (χ4v) is 3.40. The lowest BCUT2D eigenvalue weighted by Gasteiger charge is -2.30. The number of rotatable bonds is 9. The van der Waals surface area contributed by atoms with E-state index >= 15 is 0 Å². The molecule has 1 aliphatic heterocycles. The minimum Gasteiger partial charge on any atom is -0.467 e. The molecule has 1 fully saturated rings. The fraction of sp³-hybridized carbons (Fsp3) is 0.684. The van der Waals surface area contributed by atoms with Gasteiger partial charge in [0.15, 0.2) is 18.1 Å². The maximum absolute atomic E-state index is 12.8. The predicted molar refractivity (Wildman–Crippen MR) is 102 cm³/mol. The second-order valence-corrected chi connectivity index (χ2v) is 7.11. The lowest BCUT2D eigenvalue weighted by Crippen LogP contribution is -2.54. The Morgan fingerprint density at radius 2 is 1.90 bits per heavy atom. The zero-order valence-corrected chi connectivity index (χ0v) is 17.3. The number of amides is 1. The highest BCUT2D eigenvalue weighted by Gasteiger charge is 2.39. The number of alkyl halides is 3. The first-order valence-electron chi connectivity index (χ1n) is 9.88. The van der Waals surface area contributed by atoms with Gasteiger partial charge in [-0.25, -0.2) is 14.8 Å². The molecule has 2 heterocycles. The van der Waals surface area contributed by atoms with Crippen LogP contribution in [0.2, 0.25) is 0 Å². The molecule has 1 saturated heterocycles. The zero-order valence-electron chi connectivity index (χ0n) is 17.3. The Bertz CT molecular complexity index is 754. The molecule has 30 heavy (non-hydrogen) atoms. The number of halogens is 3. The smallest absolute Gasteiger partial charge is 0.422 e. The molecule has 0 bridgehead atoms. The summed E-state index contributed by atoms with van der Waals surface area (Å²) in [5.41, 5.74) is -1.50. The van der Waals surface area contributed by atoms with Crippen LogP contribution in [0.4, 0.5) is 19.0 Å². The Morgan fingerprint density at radius 1 is 1.23 bits per heavy atom.